The Morgan fingerprint density at radius 3 is 3.23 bits per heavy atom. The fraction of sp³-hybridized carbons (Fsp3) is 0.750. The van der Waals surface area contributed by atoms with E-state index in [9.17, 15) is 0 Å². The zero-order chi connectivity index (χ0) is 9.10. The number of nitrogens with zero attached hydrogens (tertiary/aromatic N) is 3. The van der Waals surface area contributed by atoms with Crippen LogP contribution in [0.15, 0.2) is 0 Å². The summed E-state index contributed by atoms with van der Waals surface area (Å²) in [6, 6.07) is 0. The second-order valence-corrected chi connectivity index (χ2v) is 3.17. The maximum atomic E-state index is 4.78. The molecule has 0 unspecified atom stereocenters. The van der Waals surface area contributed by atoms with Gasteiger partial charge in [-0.15, -0.1) is 10.2 Å². The molecule has 5 heteroatoms. The number of aromatic nitrogens is 3. The van der Waals surface area contributed by atoms with Crippen molar-refractivity contribution in [3.8, 4) is 0 Å². The summed E-state index contributed by atoms with van der Waals surface area (Å²) < 4.78 is 2.18. The molecule has 0 saturated heterocycles. The molecule has 0 fully saturated rings. The van der Waals surface area contributed by atoms with Crippen molar-refractivity contribution in [1.29, 1.82) is 0 Å². The molecule has 1 aromatic rings. The highest BCUT2D eigenvalue weighted by atomic mass is 16.6. The molecule has 0 aliphatic carbocycles. The highest BCUT2D eigenvalue weighted by Crippen LogP contribution is 2.13. The summed E-state index contributed by atoms with van der Waals surface area (Å²) >= 11 is 0. The summed E-state index contributed by atoms with van der Waals surface area (Å²) in [4.78, 5) is 4.78. The molecular formula is C8H14N4O. The lowest BCUT2D eigenvalue weighted by molar-refractivity contribution is 0.0838. The molecule has 5 nitrogen and oxygen atoms in total. The first-order valence-corrected chi connectivity index (χ1v) is 4.58. The molecule has 2 heterocycles. The van der Waals surface area contributed by atoms with Gasteiger partial charge in [0.1, 0.15) is 11.6 Å². The first-order valence-electron chi connectivity index (χ1n) is 4.58. The Hall–Kier alpha value is -0.940. The summed E-state index contributed by atoms with van der Waals surface area (Å²) in [6.45, 7) is 1.67. The fourth-order valence-corrected chi connectivity index (χ4v) is 1.64. The van der Waals surface area contributed by atoms with Gasteiger partial charge in [0.25, 0.3) is 0 Å². The van der Waals surface area contributed by atoms with Crippen molar-refractivity contribution in [2.45, 2.75) is 32.4 Å². The number of hydroxylamine groups is 1. The summed E-state index contributed by atoms with van der Waals surface area (Å²) in [5.41, 5.74) is 2.78. The molecule has 0 saturated carbocycles. The van der Waals surface area contributed by atoms with E-state index in [1.807, 2.05) is 0 Å². The normalized spacial score (nSPS) is 15.8. The van der Waals surface area contributed by atoms with E-state index in [0.717, 1.165) is 24.6 Å². The van der Waals surface area contributed by atoms with Crippen LogP contribution >= 0.6 is 0 Å². The van der Waals surface area contributed by atoms with Crippen LogP contribution in [0.25, 0.3) is 0 Å². The lowest BCUT2D eigenvalue weighted by atomic mass is 10.2. The average Bonchev–Trinajstić information content (AvgIpc) is 2.58. The van der Waals surface area contributed by atoms with Gasteiger partial charge in [0.05, 0.1) is 13.7 Å². The monoisotopic (exact) mass is 182 g/mol. The van der Waals surface area contributed by atoms with Crippen LogP contribution in [-0.2, 0) is 24.3 Å². The van der Waals surface area contributed by atoms with Gasteiger partial charge in [-0.25, -0.2) is 0 Å². The van der Waals surface area contributed by atoms with Crippen LogP contribution in [0.4, 0.5) is 0 Å². The van der Waals surface area contributed by atoms with E-state index in [0.29, 0.717) is 6.54 Å². The number of aryl methyl sites for hydroxylation is 1. The molecule has 0 bridgehead atoms. The van der Waals surface area contributed by atoms with Crippen LogP contribution in [0, 0.1) is 0 Å². The molecule has 0 spiro atoms. The quantitative estimate of drug-likeness (QED) is 0.681. The summed E-state index contributed by atoms with van der Waals surface area (Å²) in [5.74, 6) is 2.08. The largest absolute Gasteiger partial charge is 0.314 e. The van der Waals surface area contributed by atoms with Gasteiger partial charge in [-0.3, -0.25) is 0 Å². The Morgan fingerprint density at radius 1 is 1.46 bits per heavy atom. The second kappa shape index (κ2) is 3.85. The van der Waals surface area contributed by atoms with Crippen molar-refractivity contribution in [3.05, 3.63) is 11.6 Å². The maximum absolute atomic E-state index is 4.78. The van der Waals surface area contributed by atoms with Gasteiger partial charge in [0.15, 0.2) is 0 Å². The third-order valence-electron chi connectivity index (χ3n) is 2.31. The molecule has 1 aliphatic rings. The van der Waals surface area contributed by atoms with E-state index in [1.165, 1.54) is 12.8 Å². The first-order chi connectivity index (χ1) is 6.42. The molecule has 0 radical (unpaired) electrons. The molecule has 0 aromatic carbocycles. The molecule has 0 atom stereocenters. The summed E-state index contributed by atoms with van der Waals surface area (Å²) in [7, 11) is 1.60. The minimum atomic E-state index is 0.628. The summed E-state index contributed by atoms with van der Waals surface area (Å²) in [5, 5.41) is 8.23. The predicted molar refractivity (Wildman–Crippen MR) is 46.8 cm³/mol. The highest BCUT2D eigenvalue weighted by Gasteiger charge is 2.14. The Morgan fingerprint density at radius 2 is 2.38 bits per heavy atom. The van der Waals surface area contributed by atoms with Gasteiger partial charge >= 0.3 is 0 Å². The van der Waals surface area contributed by atoms with Gasteiger partial charge in [0, 0.05) is 13.0 Å². The number of fused-ring (bicyclic) bond motifs is 1. The van der Waals surface area contributed by atoms with Crippen molar-refractivity contribution in [2.24, 2.45) is 0 Å². The first kappa shape index (κ1) is 8.65. The SMILES string of the molecule is CONCc1nnc2n1CCCC2. The molecule has 13 heavy (non-hydrogen) atoms. The molecule has 1 aliphatic heterocycles. The van der Waals surface area contributed by atoms with Crippen LogP contribution in [0.3, 0.4) is 0 Å². The van der Waals surface area contributed by atoms with E-state index in [-0.39, 0.29) is 0 Å². The van der Waals surface area contributed by atoms with E-state index < -0.39 is 0 Å². The van der Waals surface area contributed by atoms with Crippen LogP contribution in [-0.4, -0.2) is 21.9 Å². The minimum absolute atomic E-state index is 0.628. The molecular weight excluding hydrogens is 168 g/mol. The van der Waals surface area contributed by atoms with Crippen molar-refractivity contribution in [3.63, 3.8) is 0 Å². The molecule has 1 N–H and O–H groups in total. The number of hydrogen-bond acceptors (Lipinski definition) is 4. The standard InChI is InChI=1S/C8H14N4O/c1-13-9-6-8-11-10-7-4-2-3-5-12(7)8/h9H,2-6H2,1H3. The summed E-state index contributed by atoms with van der Waals surface area (Å²) in [6.07, 6.45) is 3.51. The van der Waals surface area contributed by atoms with Gasteiger partial charge in [-0.05, 0) is 12.8 Å². The second-order valence-electron chi connectivity index (χ2n) is 3.17. The Bertz CT molecular complexity index is 284. The van der Waals surface area contributed by atoms with Gasteiger partial charge in [0.2, 0.25) is 0 Å². The lowest BCUT2D eigenvalue weighted by Crippen LogP contribution is -2.18. The highest BCUT2D eigenvalue weighted by molar-refractivity contribution is 4.98. The minimum Gasteiger partial charge on any atom is -0.314 e. The van der Waals surface area contributed by atoms with Gasteiger partial charge in [-0.2, -0.15) is 5.48 Å². The zero-order valence-corrected chi connectivity index (χ0v) is 7.79. The van der Waals surface area contributed by atoms with Crippen LogP contribution < -0.4 is 5.48 Å². The predicted octanol–water partition coefficient (Wildman–Crippen LogP) is 0.265. The van der Waals surface area contributed by atoms with Crippen LogP contribution in [0.2, 0.25) is 0 Å². The van der Waals surface area contributed by atoms with Crippen LogP contribution in [0.1, 0.15) is 24.5 Å². The van der Waals surface area contributed by atoms with E-state index in [4.69, 9.17) is 4.84 Å². The van der Waals surface area contributed by atoms with Crippen molar-refractivity contribution in [2.75, 3.05) is 7.11 Å². The van der Waals surface area contributed by atoms with E-state index in [2.05, 4.69) is 20.2 Å². The van der Waals surface area contributed by atoms with Crippen molar-refractivity contribution >= 4 is 0 Å². The molecule has 1 aromatic heterocycles. The third kappa shape index (κ3) is 1.71. The Labute approximate surface area is 77.1 Å². The zero-order valence-electron chi connectivity index (χ0n) is 7.79. The van der Waals surface area contributed by atoms with Gasteiger partial charge in [-0.1, -0.05) is 0 Å². The van der Waals surface area contributed by atoms with Crippen molar-refractivity contribution < 1.29 is 4.84 Å². The van der Waals surface area contributed by atoms with E-state index in [1.54, 1.807) is 7.11 Å². The number of hydrogen-bond donors (Lipinski definition) is 1. The Balaban J connectivity index is 2.12. The number of rotatable bonds is 3. The lowest BCUT2D eigenvalue weighted by Gasteiger charge is -2.14. The van der Waals surface area contributed by atoms with E-state index >= 15 is 0 Å². The fourth-order valence-electron chi connectivity index (χ4n) is 1.64. The molecule has 0 amide bonds. The van der Waals surface area contributed by atoms with Crippen molar-refractivity contribution in [1.82, 2.24) is 20.2 Å². The number of nitrogens with one attached hydrogen (secondary N) is 1. The van der Waals surface area contributed by atoms with Gasteiger partial charge < -0.3 is 9.40 Å². The van der Waals surface area contributed by atoms with Crippen LogP contribution in [0.5, 0.6) is 0 Å². The topological polar surface area (TPSA) is 52.0 Å². The maximum Gasteiger partial charge on any atom is 0.149 e. The molecule has 2 rings (SSSR count). The smallest absolute Gasteiger partial charge is 0.149 e. The average molecular weight is 182 g/mol. The Kier molecular flexibility index (Phi) is 2.56. The third-order valence-corrected chi connectivity index (χ3v) is 2.31. The molecule has 72 valence electrons.